The van der Waals surface area contributed by atoms with Crippen molar-refractivity contribution in [1.82, 2.24) is 15.1 Å². The zero-order valence-corrected chi connectivity index (χ0v) is 18.1. The van der Waals surface area contributed by atoms with Crippen LogP contribution in [0.15, 0.2) is 42.5 Å². The number of carbonyl (C=O) groups is 2. The Kier molecular flexibility index (Phi) is 6.40. The lowest BCUT2D eigenvalue weighted by Crippen LogP contribution is -2.41. The smallest absolute Gasteiger partial charge is 0.321 e. The van der Waals surface area contributed by atoms with E-state index in [-0.39, 0.29) is 22.5 Å². The fourth-order valence-corrected chi connectivity index (χ4v) is 4.33. The summed E-state index contributed by atoms with van der Waals surface area (Å²) in [5.74, 6) is -1.78. The first kappa shape index (κ1) is 21.8. The maximum absolute atomic E-state index is 13.8. The Hall–Kier alpha value is -3.40. The molecule has 0 spiro atoms. The molecule has 0 saturated carbocycles. The van der Waals surface area contributed by atoms with Gasteiger partial charge in [0.25, 0.3) is 5.91 Å². The number of aromatic nitrogens is 2. The van der Waals surface area contributed by atoms with Crippen molar-refractivity contribution in [3.8, 4) is 0 Å². The van der Waals surface area contributed by atoms with Crippen LogP contribution in [0.4, 0.5) is 25.0 Å². The molecule has 2 heterocycles. The van der Waals surface area contributed by atoms with Gasteiger partial charge in [-0.15, -0.1) is 10.2 Å². The topological polar surface area (TPSA) is 87.2 Å². The van der Waals surface area contributed by atoms with Gasteiger partial charge in [0, 0.05) is 30.8 Å². The molecule has 1 saturated heterocycles. The van der Waals surface area contributed by atoms with E-state index in [9.17, 15) is 18.4 Å². The Morgan fingerprint density at radius 2 is 1.88 bits per heavy atom. The fraction of sp³-hybridized carbons (Fsp3) is 0.273. The summed E-state index contributed by atoms with van der Waals surface area (Å²) in [4.78, 5) is 26.6. The summed E-state index contributed by atoms with van der Waals surface area (Å²) in [6.45, 7) is 2.79. The van der Waals surface area contributed by atoms with Crippen molar-refractivity contribution in [1.29, 1.82) is 0 Å². The van der Waals surface area contributed by atoms with Crippen LogP contribution >= 0.6 is 11.3 Å². The van der Waals surface area contributed by atoms with Gasteiger partial charge in [-0.05, 0) is 44.0 Å². The van der Waals surface area contributed by atoms with E-state index in [1.165, 1.54) is 16.2 Å². The minimum absolute atomic E-state index is 0.0923. The van der Waals surface area contributed by atoms with E-state index < -0.39 is 17.7 Å². The molecule has 0 unspecified atom stereocenters. The second-order valence-electron chi connectivity index (χ2n) is 7.61. The Morgan fingerprint density at radius 3 is 2.66 bits per heavy atom. The van der Waals surface area contributed by atoms with Crippen LogP contribution in [0.25, 0.3) is 0 Å². The number of nitrogens with one attached hydrogen (secondary N) is 2. The van der Waals surface area contributed by atoms with Crippen molar-refractivity contribution < 1.29 is 18.4 Å². The fourth-order valence-electron chi connectivity index (χ4n) is 3.46. The molecule has 10 heteroatoms. The molecule has 2 aromatic carbocycles. The average molecular weight is 458 g/mol. The van der Waals surface area contributed by atoms with Crippen molar-refractivity contribution in [2.24, 2.45) is 0 Å². The standard InChI is InChI=1S/C22H21F2N5O2S/c1-13-4-7-16(8-5-13)25-19(30)21-28-27-20(32-21)14-3-2-10-29(12-14)22(31)26-18-11-15(23)6-9-17(18)24/h4-9,11,14H,2-3,10,12H2,1H3,(H,25,30)(H,26,31)/t14-/m0/s1. The number of hydrogen-bond acceptors (Lipinski definition) is 5. The zero-order chi connectivity index (χ0) is 22.7. The molecule has 1 atom stereocenters. The molecule has 0 radical (unpaired) electrons. The summed E-state index contributed by atoms with van der Waals surface area (Å²) in [5, 5.41) is 14.3. The number of nitrogens with zero attached hydrogens (tertiary/aromatic N) is 3. The first-order chi connectivity index (χ1) is 15.4. The Balaban J connectivity index is 1.39. The quantitative estimate of drug-likeness (QED) is 0.590. The number of benzene rings is 2. The van der Waals surface area contributed by atoms with E-state index in [1.54, 1.807) is 0 Å². The van der Waals surface area contributed by atoms with Gasteiger partial charge in [-0.1, -0.05) is 29.0 Å². The van der Waals surface area contributed by atoms with E-state index in [1.807, 2.05) is 31.2 Å². The molecule has 1 fully saturated rings. The van der Waals surface area contributed by atoms with Crippen LogP contribution in [0, 0.1) is 18.6 Å². The summed E-state index contributed by atoms with van der Waals surface area (Å²) in [6, 6.07) is 9.82. The second kappa shape index (κ2) is 9.39. The molecule has 2 N–H and O–H groups in total. The molecule has 4 rings (SSSR count). The SMILES string of the molecule is Cc1ccc(NC(=O)c2nnc([C@H]3CCCN(C(=O)Nc4cc(F)ccc4F)C3)s2)cc1. The third-order valence-corrected chi connectivity index (χ3v) is 6.26. The number of halogens is 2. The molecule has 1 aromatic heterocycles. The van der Waals surface area contributed by atoms with Crippen LogP contribution in [0.5, 0.6) is 0 Å². The van der Waals surface area contributed by atoms with Crippen molar-refractivity contribution in [2.75, 3.05) is 23.7 Å². The lowest BCUT2D eigenvalue weighted by Gasteiger charge is -2.31. The number of hydrogen-bond donors (Lipinski definition) is 2. The predicted octanol–water partition coefficient (Wildman–Crippen LogP) is 4.79. The first-order valence-electron chi connectivity index (χ1n) is 10.1. The summed E-state index contributed by atoms with van der Waals surface area (Å²) in [5.41, 5.74) is 1.55. The van der Waals surface area contributed by atoms with Crippen molar-refractivity contribution in [3.63, 3.8) is 0 Å². The van der Waals surface area contributed by atoms with Gasteiger partial charge in [0.15, 0.2) is 0 Å². The number of piperidine rings is 1. The van der Waals surface area contributed by atoms with Crippen LogP contribution in [0.2, 0.25) is 0 Å². The molecular formula is C22H21F2N5O2S. The lowest BCUT2D eigenvalue weighted by atomic mass is 9.99. The average Bonchev–Trinajstić information content (AvgIpc) is 3.28. The van der Waals surface area contributed by atoms with Crippen LogP contribution < -0.4 is 10.6 Å². The second-order valence-corrected chi connectivity index (χ2v) is 8.61. The van der Waals surface area contributed by atoms with Gasteiger partial charge in [0.1, 0.15) is 16.6 Å². The number of rotatable bonds is 4. The maximum Gasteiger partial charge on any atom is 0.321 e. The van der Waals surface area contributed by atoms with E-state index in [0.29, 0.717) is 30.2 Å². The number of anilines is 2. The molecule has 3 aromatic rings. The van der Waals surface area contributed by atoms with E-state index in [0.717, 1.165) is 30.2 Å². The molecule has 1 aliphatic rings. The zero-order valence-electron chi connectivity index (χ0n) is 17.3. The number of urea groups is 1. The highest BCUT2D eigenvalue weighted by Gasteiger charge is 2.28. The van der Waals surface area contributed by atoms with Crippen LogP contribution in [0.1, 0.15) is 39.1 Å². The summed E-state index contributed by atoms with van der Waals surface area (Å²) < 4.78 is 27.2. The van der Waals surface area contributed by atoms with Gasteiger partial charge in [-0.2, -0.15) is 0 Å². The monoisotopic (exact) mass is 457 g/mol. The van der Waals surface area contributed by atoms with Gasteiger partial charge in [0.05, 0.1) is 5.69 Å². The molecule has 7 nitrogen and oxygen atoms in total. The molecular weight excluding hydrogens is 436 g/mol. The number of likely N-dealkylation sites (tertiary alicyclic amines) is 1. The third-order valence-electron chi connectivity index (χ3n) is 5.17. The predicted molar refractivity (Wildman–Crippen MR) is 118 cm³/mol. The van der Waals surface area contributed by atoms with Gasteiger partial charge >= 0.3 is 6.03 Å². The lowest BCUT2D eigenvalue weighted by molar-refractivity contribution is 0.102. The van der Waals surface area contributed by atoms with E-state index >= 15 is 0 Å². The maximum atomic E-state index is 13.8. The molecule has 0 aliphatic carbocycles. The Labute approximate surface area is 187 Å². The number of carbonyl (C=O) groups excluding carboxylic acids is 2. The number of aryl methyl sites for hydroxylation is 1. The van der Waals surface area contributed by atoms with Crippen molar-refractivity contribution >= 4 is 34.6 Å². The van der Waals surface area contributed by atoms with Crippen molar-refractivity contribution in [3.05, 3.63) is 69.7 Å². The van der Waals surface area contributed by atoms with Crippen LogP contribution in [-0.4, -0.2) is 40.1 Å². The van der Waals surface area contributed by atoms with Crippen molar-refractivity contribution in [2.45, 2.75) is 25.7 Å². The third kappa shape index (κ3) is 5.08. The molecule has 0 bridgehead atoms. The van der Waals surface area contributed by atoms with Crippen LogP contribution in [-0.2, 0) is 0 Å². The summed E-state index contributed by atoms with van der Waals surface area (Å²) >= 11 is 1.19. The minimum atomic E-state index is -0.707. The Morgan fingerprint density at radius 1 is 1.09 bits per heavy atom. The van der Waals surface area contributed by atoms with Gasteiger partial charge < -0.3 is 15.5 Å². The normalized spacial score (nSPS) is 16.0. The summed E-state index contributed by atoms with van der Waals surface area (Å²) in [6.07, 6.45) is 1.50. The summed E-state index contributed by atoms with van der Waals surface area (Å²) in [7, 11) is 0. The largest absolute Gasteiger partial charge is 0.324 e. The van der Waals surface area contributed by atoms with Gasteiger partial charge in [-0.3, -0.25) is 4.79 Å². The molecule has 1 aliphatic heterocycles. The Bertz CT molecular complexity index is 1140. The van der Waals surface area contributed by atoms with E-state index in [4.69, 9.17) is 0 Å². The van der Waals surface area contributed by atoms with Gasteiger partial charge in [0.2, 0.25) is 5.01 Å². The highest BCUT2D eigenvalue weighted by atomic mass is 32.1. The minimum Gasteiger partial charge on any atom is -0.324 e. The van der Waals surface area contributed by atoms with Crippen LogP contribution in [0.3, 0.4) is 0 Å². The molecule has 166 valence electrons. The molecule has 3 amide bonds. The molecule has 32 heavy (non-hydrogen) atoms. The number of amides is 3. The highest BCUT2D eigenvalue weighted by Crippen LogP contribution is 2.30. The van der Waals surface area contributed by atoms with Gasteiger partial charge in [-0.25, -0.2) is 13.6 Å². The van der Waals surface area contributed by atoms with E-state index in [2.05, 4.69) is 20.8 Å². The highest BCUT2D eigenvalue weighted by molar-refractivity contribution is 7.13. The first-order valence-corrected chi connectivity index (χ1v) is 10.9.